The van der Waals surface area contributed by atoms with Gasteiger partial charge in [-0.15, -0.1) is 10.2 Å². The van der Waals surface area contributed by atoms with E-state index >= 15 is 0 Å². The zero-order valence-electron chi connectivity index (χ0n) is 14.2. The number of nitrogens with zero attached hydrogens (tertiary/aromatic N) is 2. The van der Waals surface area contributed by atoms with Crippen molar-refractivity contribution in [2.75, 3.05) is 10.6 Å². The van der Waals surface area contributed by atoms with Crippen LogP contribution in [0.1, 0.15) is 27.8 Å². The molecule has 3 rings (SSSR count). The minimum Gasteiger partial charge on any atom is -0.339 e. The van der Waals surface area contributed by atoms with E-state index in [9.17, 15) is 18.4 Å². The average molecular weight is 368 g/mol. The number of hydrogen-bond acceptors (Lipinski definition) is 5. The maximum atomic E-state index is 13.2. The topological polar surface area (TPSA) is 84.0 Å². The molecule has 0 aliphatic carbocycles. The largest absolute Gasteiger partial charge is 0.339 e. The molecule has 27 heavy (non-hydrogen) atoms. The molecule has 0 unspecified atom stereocenters. The lowest BCUT2D eigenvalue weighted by Gasteiger charge is -2.07. The van der Waals surface area contributed by atoms with Gasteiger partial charge in [0.05, 0.1) is 0 Å². The number of ketones is 1. The third kappa shape index (κ3) is 4.49. The highest BCUT2D eigenvalue weighted by Crippen LogP contribution is 2.16. The SMILES string of the molecule is CC(=O)c1ccc(Nc2ccc(C(=O)Nc3ccc(F)c(F)c3)nn2)cc1. The van der Waals surface area contributed by atoms with Crippen LogP contribution in [0.5, 0.6) is 0 Å². The highest BCUT2D eigenvalue weighted by Gasteiger charge is 2.11. The number of amides is 1. The molecule has 0 saturated carbocycles. The monoisotopic (exact) mass is 368 g/mol. The smallest absolute Gasteiger partial charge is 0.276 e. The molecule has 8 heteroatoms. The summed E-state index contributed by atoms with van der Waals surface area (Å²) in [6.07, 6.45) is 0. The highest BCUT2D eigenvalue weighted by molar-refractivity contribution is 6.02. The Hall–Kier alpha value is -3.68. The summed E-state index contributed by atoms with van der Waals surface area (Å²) in [5.41, 5.74) is 1.41. The molecule has 0 fully saturated rings. The molecule has 6 nitrogen and oxygen atoms in total. The Labute approximate surface area is 153 Å². The number of Topliss-reactive ketones (excluding diaryl/α,β-unsaturated/α-hetero) is 1. The van der Waals surface area contributed by atoms with E-state index in [1.54, 1.807) is 30.3 Å². The van der Waals surface area contributed by atoms with Crippen LogP contribution in [0.25, 0.3) is 0 Å². The van der Waals surface area contributed by atoms with Crippen molar-refractivity contribution >= 4 is 28.9 Å². The molecule has 1 amide bonds. The number of nitrogens with one attached hydrogen (secondary N) is 2. The Morgan fingerprint density at radius 1 is 0.852 bits per heavy atom. The van der Waals surface area contributed by atoms with Crippen LogP contribution in [0.4, 0.5) is 26.0 Å². The highest BCUT2D eigenvalue weighted by atomic mass is 19.2. The summed E-state index contributed by atoms with van der Waals surface area (Å²) in [6.45, 7) is 1.48. The van der Waals surface area contributed by atoms with E-state index in [4.69, 9.17) is 0 Å². The second kappa shape index (κ2) is 7.69. The molecule has 0 radical (unpaired) electrons. The molecule has 0 bridgehead atoms. The first kappa shape index (κ1) is 18.1. The summed E-state index contributed by atoms with van der Waals surface area (Å²) in [6, 6.07) is 12.8. The van der Waals surface area contributed by atoms with Crippen LogP contribution in [-0.2, 0) is 0 Å². The minimum absolute atomic E-state index is 0.0113. The van der Waals surface area contributed by atoms with Gasteiger partial charge in [-0.3, -0.25) is 9.59 Å². The Morgan fingerprint density at radius 2 is 1.56 bits per heavy atom. The standard InChI is InChI=1S/C19H14F2N4O2/c1-11(26)12-2-4-13(5-3-12)22-18-9-8-17(24-25-18)19(27)23-14-6-7-15(20)16(21)10-14/h2-10H,1H3,(H,22,25)(H,23,27). The van der Waals surface area contributed by atoms with E-state index < -0.39 is 17.5 Å². The molecule has 136 valence electrons. The summed E-state index contributed by atoms with van der Waals surface area (Å²) in [5, 5.41) is 13.1. The summed E-state index contributed by atoms with van der Waals surface area (Å²) >= 11 is 0. The predicted octanol–water partition coefficient (Wildman–Crippen LogP) is 3.95. The van der Waals surface area contributed by atoms with Gasteiger partial charge in [-0.05, 0) is 55.5 Å². The molecular weight excluding hydrogens is 354 g/mol. The number of carbonyl (C=O) groups excluding carboxylic acids is 2. The number of aromatic nitrogens is 2. The van der Waals surface area contributed by atoms with Gasteiger partial charge in [-0.25, -0.2) is 8.78 Å². The quantitative estimate of drug-likeness (QED) is 0.666. The van der Waals surface area contributed by atoms with Crippen LogP contribution >= 0.6 is 0 Å². The van der Waals surface area contributed by atoms with Gasteiger partial charge >= 0.3 is 0 Å². The zero-order valence-corrected chi connectivity index (χ0v) is 14.2. The van der Waals surface area contributed by atoms with Crippen LogP contribution < -0.4 is 10.6 Å². The molecule has 2 aromatic carbocycles. The molecule has 0 saturated heterocycles. The maximum Gasteiger partial charge on any atom is 0.276 e. The van der Waals surface area contributed by atoms with Crippen molar-refractivity contribution in [3.63, 3.8) is 0 Å². The number of anilines is 3. The summed E-state index contributed by atoms with van der Waals surface area (Å²) < 4.78 is 26.1. The lowest BCUT2D eigenvalue weighted by atomic mass is 10.1. The fraction of sp³-hybridized carbons (Fsp3) is 0.0526. The van der Waals surface area contributed by atoms with Crippen molar-refractivity contribution in [2.24, 2.45) is 0 Å². The Morgan fingerprint density at radius 3 is 2.15 bits per heavy atom. The summed E-state index contributed by atoms with van der Waals surface area (Å²) in [4.78, 5) is 23.4. The molecule has 2 N–H and O–H groups in total. The molecule has 0 atom stereocenters. The lowest BCUT2D eigenvalue weighted by molar-refractivity contribution is 0.101. The van der Waals surface area contributed by atoms with Crippen LogP contribution in [0.15, 0.2) is 54.6 Å². The van der Waals surface area contributed by atoms with Crippen LogP contribution in [0, 0.1) is 11.6 Å². The first-order valence-corrected chi connectivity index (χ1v) is 7.90. The number of carbonyl (C=O) groups is 2. The van der Waals surface area contributed by atoms with Crippen molar-refractivity contribution in [2.45, 2.75) is 6.92 Å². The van der Waals surface area contributed by atoms with Gasteiger partial charge in [-0.1, -0.05) is 0 Å². The van der Waals surface area contributed by atoms with E-state index in [2.05, 4.69) is 20.8 Å². The minimum atomic E-state index is -1.06. The Balaban J connectivity index is 1.66. The van der Waals surface area contributed by atoms with Crippen molar-refractivity contribution in [1.82, 2.24) is 10.2 Å². The number of halogens is 2. The van der Waals surface area contributed by atoms with Crippen molar-refractivity contribution in [3.05, 3.63) is 77.5 Å². The van der Waals surface area contributed by atoms with E-state index in [1.807, 2.05) is 0 Å². The van der Waals surface area contributed by atoms with E-state index in [0.717, 1.165) is 12.1 Å². The number of benzene rings is 2. The van der Waals surface area contributed by atoms with Gasteiger partial charge in [-0.2, -0.15) is 0 Å². The van der Waals surface area contributed by atoms with Crippen LogP contribution in [-0.4, -0.2) is 21.9 Å². The van der Waals surface area contributed by atoms with Crippen LogP contribution in [0.2, 0.25) is 0 Å². The summed E-state index contributed by atoms with van der Waals surface area (Å²) in [7, 11) is 0. The molecule has 3 aromatic rings. The fourth-order valence-electron chi connectivity index (χ4n) is 2.23. The molecule has 1 heterocycles. The van der Waals surface area contributed by atoms with Crippen molar-refractivity contribution in [1.29, 1.82) is 0 Å². The van der Waals surface area contributed by atoms with Gasteiger partial charge in [0.2, 0.25) is 0 Å². The van der Waals surface area contributed by atoms with Gasteiger partial charge in [0.15, 0.2) is 28.9 Å². The average Bonchev–Trinajstić information content (AvgIpc) is 2.66. The van der Waals surface area contributed by atoms with Crippen molar-refractivity contribution in [3.8, 4) is 0 Å². The Bertz CT molecular complexity index is 990. The van der Waals surface area contributed by atoms with E-state index in [-0.39, 0.29) is 17.2 Å². The van der Waals surface area contributed by atoms with Gasteiger partial charge in [0.1, 0.15) is 0 Å². The number of rotatable bonds is 5. The first-order chi connectivity index (χ1) is 12.9. The van der Waals surface area contributed by atoms with Gasteiger partial charge < -0.3 is 10.6 Å². The maximum absolute atomic E-state index is 13.2. The third-order valence-electron chi connectivity index (χ3n) is 3.64. The normalized spacial score (nSPS) is 10.3. The molecule has 1 aromatic heterocycles. The van der Waals surface area contributed by atoms with E-state index in [1.165, 1.54) is 19.1 Å². The number of hydrogen-bond donors (Lipinski definition) is 2. The third-order valence-corrected chi connectivity index (χ3v) is 3.64. The fourth-order valence-corrected chi connectivity index (χ4v) is 2.23. The van der Waals surface area contributed by atoms with E-state index in [0.29, 0.717) is 17.1 Å². The zero-order chi connectivity index (χ0) is 19.4. The second-order valence-electron chi connectivity index (χ2n) is 5.65. The second-order valence-corrected chi connectivity index (χ2v) is 5.65. The molecular formula is C19H14F2N4O2. The van der Waals surface area contributed by atoms with Crippen LogP contribution in [0.3, 0.4) is 0 Å². The summed E-state index contributed by atoms with van der Waals surface area (Å²) in [5.74, 6) is -2.30. The van der Waals surface area contributed by atoms with Gasteiger partial charge in [0, 0.05) is 23.0 Å². The lowest BCUT2D eigenvalue weighted by Crippen LogP contribution is -2.14. The molecule has 0 aliphatic heterocycles. The first-order valence-electron chi connectivity index (χ1n) is 7.90. The molecule has 0 aliphatic rings. The Kier molecular flexibility index (Phi) is 5.16. The predicted molar refractivity (Wildman–Crippen MR) is 96.1 cm³/mol. The molecule has 0 spiro atoms. The van der Waals surface area contributed by atoms with Gasteiger partial charge in [0.25, 0.3) is 5.91 Å². The van der Waals surface area contributed by atoms with Crippen molar-refractivity contribution < 1.29 is 18.4 Å².